The predicted molar refractivity (Wildman–Crippen MR) is 115 cm³/mol. The van der Waals surface area contributed by atoms with Crippen molar-refractivity contribution in [3.8, 4) is 11.5 Å². The summed E-state index contributed by atoms with van der Waals surface area (Å²) < 4.78 is 36.4. The summed E-state index contributed by atoms with van der Waals surface area (Å²) in [7, 11) is 3.28. The molecule has 1 aromatic carbocycles. The van der Waals surface area contributed by atoms with Crippen LogP contribution in [-0.4, -0.2) is 42.6 Å². The summed E-state index contributed by atoms with van der Waals surface area (Å²) in [5, 5.41) is 10.5. The fraction of sp³-hybridized carbons (Fsp3) is 0.444. The maximum absolute atomic E-state index is 12.5. The Kier molecular flexibility index (Phi) is 10.6. The smallest absolute Gasteiger partial charge is 0.387 e. The SMILES string of the molecule is CCNC(=NCc1ccnn1C)NCCc1ccc(OC)c(OC(F)F)c1.I. The molecule has 1 heterocycles. The third-order valence-corrected chi connectivity index (χ3v) is 3.82. The van der Waals surface area contributed by atoms with Gasteiger partial charge in [0.05, 0.1) is 19.3 Å². The molecule has 0 saturated carbocycles. The molecule has 0 saturated heterocycles. The number of guanidine groups is 1. The molecule has 0 fully saturated rings. The van der Waals surface area contributed by atoms with Crippen molar-refractivity contribution in [2.24, 2.45) is 12.0 Å². The van der Waals surface area contributed by atoms with Gasteiger partial charge in [-0.3, -0.25) is 4.68 Å². The largest absolute Gasteiger partial charge is 0.493 e. The van der Waals surface area contributed by atoms with Crippen LogP contribution in [0.25, 0.3) is 0 Å². The minimum Gasteiger partial charge on any atom is -0.493 e. The summed E-state index contributed by atoms with van der Waals surface area (Å²) in [5.41, 5.74) is 1.84. The van der Waals surface area contributed by atoms with Crippen molar-refractivity contribution in [3.63, 3.8) is 0 Å². The Morgan fingerprint density at radius 2 is 2.04 bits per heavy atom. The normalized spacial score (nSPS) is 11.1. The molecule has 0 radical (unpaired) electrons. The number of nitrogens with one attached hydrogen (secondary N) is 2. The summed E-state index contributed by atoms with van der Waals surface area (Å²) in [5.74, 6) is 0.983. The Bertz CT molecular complexity index is 755. The molecule has 0 amide bonds. The van der Waals surface area contributed by atoms with Crippen LogP contribution in [0.1, 0.15) is 18.2 Å². The van der Waals surface area contributed by atoms with E-state index in [1.165, 1.54) is 7.11 Å². The topological polar surface area (TPSA) is 72.7 Å². The zero-order valence-electron chi connectivity index (χ0n) is 16.1. The molecule has 0 aliphatic rings. The number of nitrogens with zero attached hydrogens (tertiary/aromatic N) is 3. The molecule has 2 aromatic rings. The molecule has 156 valence electrons. The van der Waals surface area contributed by atoms with E-state index in [0.29, 0.717) is 25.5 Å². The second-order valence-corrected chi connectivity index (χ2v) is 5.68. The lowest BCUT2D eigenvalue weighted by atomic mass is 10.1. The van der Waals surface area contributed by atoms with Crippen molar-refractivity contribution >= 4 is 29.9 Å². The first-order valence-corrected chi connectivity index (χ1v) is 8.64. The summed E-state index contributed by atoms with van der Waals surface area (Å²) in [6.45, 7) is 0.898. The molecule has 0 aliphatic heterocycles. The lowest BCUT2D eigenvalue weighted by Crippen LogP contribution is -2.38. The second-order valence-electron chi connectivity index (χ2n) is 5.68. The van der Waals surface area contributed by atoms with E-state index in [-0.39, 0.29) is 35.5 Å². The van der Waals surface area contributed by atoms with Crippen LogP contribution in [0.4, 0.5) is 8.78 Å². The van der Waals surface area contributed by atoms with E-state index in [1.54, 1.807) is 23.0 Å². The van der Waals surface area contributed by atoms with Crippen LogP contribution in [0.15, 0.2) is 35.5 Å². The highest BCUT2D eigenvalue weighted by atomic mass is 127. The predicted octanol–water partition coefficient (Wildman–Crippen LogP) is 2.95. The van der Waals surface area contributed by atoms with Gasteiger partial charge in [-0.25, -0.2) is 4.99 Å². The first kappa shape index (κ1) is 23.9. The number of alkyl halides is 2. The number of methoxy groups -OCH3 is 1. The standard InChI is InChI=1S/C18H25F2N5O2.HI/c1-4-21-18(23-12-14-8-10-24-25(14)2)22-9-7-13-5-6-15(26-3)16(11-13)27-17(19)20;/h5-6,8,10-11,17H,4,7,9,12H2,1-3H3,(H2,21,22,23);1H. The lowest BCUT2D eigenvalue weighted by molar-refractivity contribution is -0.0512. The number of aryl methyl sites for hydroxylation is 1. The van der Waals surface area contributed by atoms with Crippen molar-refractivity contribution in [2.45, 2.75) is 26.5 Å². The lowest BCUT2D eigenvalue weighted by Gasteiger charge is -2.13. The summed E-state index contributed by atoms with van der Waals surface area (Å²) in [4.78, 5) is 4.52. The Hall–Kier alpha value is -2.11. The van der Waals surface area contributed by atoms with Crippen molar-refractivity contribution in [2.75, 3.05) is 20.2 Å². The van der Waals surface area contributed by atoms with Gasteiger partial charge in [0, 0.05) is 26.3 Å². The quantitative estimate of drug-likeness (QED) is 0.309. The van der Waals surface area contributed by atoms with Crippen molar-refractivity contribution in [3.05, 3.63) is 41.7 Å². The fourth-order valence-electron chi connectivity index (χ4n) is 2.45. The number of aliphatic imine (C=N–C) groups is 1. The number of hydrogen-bond acceptors (Lipinski definition) is 4. The van der Waals surface area contributed by atoms with Crippen molar-refractivity contribution in [1.29, 1.82) is 0 Å². The average molecular weight is 509 g/mol. The van der Waals surface area contributed by atoms with Gasteiger partial charge in [0.15, 0.2) is 17.5 Å². The van der Waals surface area contributed by atoms with Crippen LogP contribution < -0.4 is 20.1 Å². The molecule has 2 N–H and O–H groups in total. The molecule has 0 unspecified atom stereocenters. The van der Waals surface area contributed by atoms with Gasteiger partial charge in [0.2, 0.25) is 0 Å². The number of aromatic nitrogens is 2. The highest BCUT2D eigenvalue weighted by Gasteiger charge is 2.11. The van der Waals surface area contributed by atoms with Crippen molar-refractivity contribution in [1.82, 2.24) is 20.4 Å². The molecular formula is C18H26F2IN5O2. The maximum atomic E-state index is 12.5. The summed E-state index contributed by atoms with van der Waals surface area (Å²) in [6.07, 6.45) is 2.34. The molecule has 10 heteroatoms. The van der Waals surface area contributed by atoms with Crippen LogP contribution >= 0.6 is 24.0 Å². The van der Waals surface area contributed by atoms with E-state index in [9.17, 15) is 8.78 Å². The molecule has 0 spiro atoms. The molecule has 0 aliphatic carbocycles. The molecule has 2 rings (SSSR count). The van der Waals surface area contributed by atoms with E-state index in [2.05, 4.69) is 25.5 Å². The average Bonchev–Trinajstić information content (AvgIpc) is 3.04. The number of benzene rings is 1. The molecule has 28 heavy (non-hydrogen) atoms. The first-order chi connectivity index (χ1) is 13.0. The highest BCUT2D eigenvalue weighted by Crippen LogP contribution is 2.29. The van der Waals surface area contributed by atoms with Gasteiger partial charge in [0.25, 0.3) is 0 Å². The Balaban J connectivity index is 0.00000392. The molecule has 7 nitrogen and oxygen atoms in total. The highest BCUT2D eigenvalue weighted by molar-refractivity contribution is 14.0. The zero-order valence-corrected chi connectivity index (χ0v) is 18.4. The van der Waals surface area contributed by atoms with Crippen LogP contribution in [0.2, 0.25) is 0 Å². The van der Waals surface area contributed by atoms with Crippen LogP contribution in [0, 0.1) is 0 Å². The van der Waals surface area contributed by atoms with Gasteiger partial charge in [0.1, 0.15) is 0 Å². The Morgan fingerprint density at radius 3 is 2.64 bits per heavy atom. The monoisotopic (exact) mass is 509 g/mol. The summed E-state index contributed by atoms with van der Waals surface area (Å²) in [6, 6.07) is 6.91. The third kappa shape index (κ3) is 7.49. The first-order valence-electron chi connectivity index (χ1n) is 8.64. The Labute approximate surface area is 180 Å². The van der Waals surface area contributed by atoms with E-state index >= 15 is 0 Å². The number of rotatable bonds is 9. The van der Waals surface area contributed by atoms with Crippen LogP contribution in [0.5, 0.6) is 11.5 Å². The van der Waals surface area contributed by atoms with Gasteiger partial charge in [-0.15, -0.1) is 24.0 Å². The minimum absolute atomic E-state index is 0. The summed E-state index contributed by atoms with van der Waals surface area (Å²) >= 11 is 0. The van der Waals surface area contributed by atoms with Gasteiger partial charge >= 0.3 is 6.61 Å². The van der Waals surface area contributed by atoms with E-state index < -0.39 is 6.61 Å². The van der Waals surface area contributed by atoms with E-state index in [1.807, 2.05) is 26.1 Å². The zero-order chi connectivity index (χ0) is 19.6. The molecule has 1 aromatic heterocycles. The number of ether oxygens (including phenoxy) is 2. The van der Waals surface area contributed by atoms with E-state index in [0.717, 1.165) is 17.8 Å². The van der Waals surface area contributed by atoms with Gasteiger partial charge in [-0.05, 0) is 37.1 Å². The molecule has 0 bridgehead atoms. The number of halogens is 3. The third-order valence-electron chi connectivity index (χ3n) is 3.82. The van der Waals surface area contributed by atoms with Gasteiger partial charge < -0.3 is 20.1 Å². The fourth-order valence-corrected chi connectivity index (χ4v) is 2.45. The molecular weight excluding hydrogens is 483 g/mol. The van der Waals surface area contributed by atoms with Crippen LogP contribution in [-0.2, 0) is 20.0 Å². The maximum Gasteiger partial charge on any atom is 0.387 e. The molecule has 0 atom stereocenters. The van der Waals surface area contributed by atoms with E-state index in [4.69, 9.17) is 4.74 Å². The van der Waals surface area contributed by atoms with Gasteiger partial charge in [-0.2, -0.15) is 13.9 Å². The Morgan fingerprint density at radius 1 is 1.25 bits per heavy atom. The second kappa shape index (κ2) is 12.4. The minimum atomic E-state index is -2.90. The van der Waals surface area contributed by atoms with Crippen molar-refractivity contribution < 1.29 is 18.3 Å². The van der Waals surface area contributed by atoms with Gasteiger partial charge in [-0.1, -0.05) is 6.07 Å². The van der Waals surface area contributed by atoms with Crippen LogP contribution in [0.3, 0.4) is 0 Å². The number of hydrogen-bond donors (Lipinski definition) is 2.